The predicted molar refractivity (Wildman–Crippen MR) is 65.3 cm³/mol. The molecule has 1 saturated heterocycles. The van der Waals surface area contributed by atoms with Gasteiger partial charge in [0.1, 0.15) is 0 Å². The van der Waals surface area contributed by atoms with Crippen molar-refractivity contribution in [2.45, 2.75) is 19.3 Å². The SMILES string of the molecule is O=C(N1CCNCC1)N1CCn2c(nnc2C(F)(F)F)C1. The highest BCUT2D eigenvalue weighted by Gasteiger charge is 2.40. The lowest BCUT2D eigenvalue weighted by Gasteiger charge is -2.35. The van der Waals surface area contributed by atoms with Gasteiger partial charge in [-0.05, 0) is 0 Å². The van der Waals surface area contributed by atoms with Gasteiger partial charge in [-0.25, -0.2) is 4.79 Å². The molecule has 2 aliphatic rings. The van der Waals surface area contributed by atoms with E-state index in [2.05, 4.69) is 15.5 Å². The summed E-state index contributed by atoms with van der Waals surface area (Å²) in [5, 5.41) is 9.92. The molecule has 1 N–H and O–H groups in total. The van der Waals surface area contributed by atoms with Crippen LogP contribution in [-0.2, 0) is 19.3 Å². The summed E-state index contributed by atoms with van der Waals surface area (Å²) in [6, 6.07) is -0.153. The third-order valence-electron chi connectivity index (χ3n) is 3.66. The van der Waals surface area contributed by atoms with E-state index in [9.17, 15) is 18.0 Å². The van der Waals surface area contributed by atoms with Gasteiger partial charge in [0.05, 0.1) is 6.54 Å². The van der Waals surface area contributed by atoms with Gasteiger partial charge >= 0.3 is 12.2 Å². The van der Waals surface area contributed by atoms with Gasteiger partial charge in [-0.15, -0.1) is 10.2 Å². The largest absolute Gasteiger partial charge is 0.451 e. The maximum absolute atomic E-state index is 12.7. The molecular weight excluding hydrogens is 289 g/mol. The summed E-state index contributed by atoms with van der Waals surface area (Å²) in [5.74, 6) is -0.816. The van der Waals surface area contributed by atoms with Crippen molar-refractivity contribution in [2.75, 3.05) is 32.7 Å². The molecule has 0 aromatic carbocycles. The lowest BCUT2D eigenvalue weighted by atomic mass is 10.3. The zero-order valence-corrected chi connectivity index (χ0v) is 11.2. The first-order valence-electron chi connectivity index (χ1n) is 6.70. The van der Waals surface area contributed by atoms with E-state index in [0.29, 0.717) is 13.1 Å². The average molecular weight is 304 g/mol. The Morgan fingerprint density at radius 1 is 1.05 bits per heavy atom. The van der Waals surface area contributed by atoms with Gasteiger partial charge in [0.2, 0.25) is 5.82 Å². The number of piperazine rings is 1. The molecule has 1 aromatic rings. The second-order valence-corrected chi connectivity index (χ2v) is 5.03. The molecule has 0 atom stereocenters. The van der Waals surface area contributed by atoms with Gasteiger partial charge in [-0.2, -0.15) is 13.2 Å². The number of carbonyl (C=O) groups is 1. The molecular formula is C11H15F3N6O. The van der Waals surface area contributed by atoms with Crippen molar-refractivity contribution in [3.8, 4) is 0 Å². The van der Waals surface area contributed by atoms with Gasteiger partial charge < -0.3 is 19.7 Å². The highest BCUT2D eigenvalue weighted by Crippen LogP contribution is 2.29. The second-order valence-electron chi connectivity index (χ2n) is 5.03. The van der Waals surface area contributed by atoms with E-state index in [0.717, 1.165) is 17.7 Å². The molecule has 7 nitrogen and oxygen atoms in total. The normalized spacial score (nSPS) is 19.6. The molecule has 10 heteroatoms. The fourth-order valence-electron chi connectivity index (χ4n) is 2.59. The summed E-state index contributed by atoms with van der Waals surface area (Å²) in [6.07, 6.45) is -4.52. The standard InChI is InChI=1S/C11H15F3N6O/c12-11(13,14)9-17-16-8-7-19(5-6-20(8)9)10(21)18-3-1-15-2-4-18/h15H,1-7H2. The van der Waals surface area contributed by atoms with E-state index in [1.807, 2.05) is 0 Å². The second kappa shape index (κ2) is 5.17. The Labute approximate surface area is 118 Å². The zero-order chi connectivity index (χ0) is 15.0. The molecule has 21 heavy (non-hydrogen) atoms. The van der Waals surface area contributed by atoms with Crippen molar-refractivity contribution in [3.63, 3.8) is 0 Å². The predicted octanol–water partition coefficient (Wildman–Crippen LogP) is 0.138. The van der Waals surface area contributed by atoms with E-state index >= 15 is 0 Å². The van der Waals surface area contributed by atoms with Crippen LogP contribution in [0.25, 0.3) is 0 Å². The van der Waals surface area contributed by atoms with E-state index in [1.54, 1.807) is 4.90 Å². The van der Waals surface area contributed by atoms with Crippen LogP contribution >= 0.6 is 0 Å². The van der Waals surface area contributed by atoms with E-state index in [1.165, 1.54) is 4.90 Å². The molecule has 3 rings (SSSR count). The summed E-state index contributed by atoms with van der Waals surface area (Å²) in [6.45, 7) is 3.03. The summed E-state index contributed by atoms with van der Waals surface area (Å²) in [7, 11) is 0. The maximum atomic E-state index is 12.7. The lowest BCUT2D eigenvalue weighted by Crippen LogP contribution is -2.53. The van der Waals surface area contributed by atoms with Crippen molar-refractivity contribution in [1.82, 2.24) is 29.9 Å². The number of halogens is 3. The Hall–Kier alpha value is -1.84. The monoisotopic (exact) mass is 304 g/mol. The number of nitrogens with one attached hydrogen (secondary N) is 1. The third kappa shape index (κ3) is 2.67. The summed E-state index contributed by atoms with van der Waals surface area (Å²) >= 11 is 0. The van der Waals surface area contributed by atoms with Crippen LogP contribution in [0.1, 0.15) is 11.6 Å². The highest BCUT2D eigenvalue weighted by molar-refractivity contribution is 5.74. The van der Waals surface area contributed by atoms with E-state index in [4.69, 9.17) is 0 Å². The number of alkyl halides is 3. The van der Waals surface area contributed by atoms with Crippen LogP contribution in [0, 0.1) is 0 Å². The van der Waals surface area contributed by atoms with E-state index in [-0.39, 0.29) is 31.5 Å². The number of nitrogens with zero attached hydrogens (tertiary/aromatic N) is 5. The molecule has 2 amide bonds. The first-order chi connectivity index (χ1) is 9.97. The minimum Gasteiger partial charge on any atom is -0.322 e. The third-order valence-corrected chi connectivity index (χ3v) is 3.66. The number of rotatable bonds is 0. The number of urea groups is 1. The Morgan fingerprint density at radius 3 is 2.43 bits per heavy atom. The van der Waals surface area contributed by atoms with Crippen LogP contribution in [-0.4, -0.2) is 63.3 Å². The molecule has 116 valence electrons. The van der Waals surface area contributed by atoms with Gasteiger partial charge in [-0.3, -0.25) is 0 Å². The molecule has 3 heterocycles. The van der Waals surface area contributed by atoms with Gasteiger partial charge in [-0.1, -0.05) is 0 Å². The number of aromatic nitrogens is 3. The van der Waals surface area contributed by atoms with Crippen molar-refractivity contribution >= 4 is 6.03 Å². The molecule has 0 aliphatic carbocycles. The number of amides is 2. The first-order valence-corrected chi connectivity index (χ1v) is 6.70. The Kier molecular flexibility index (Phi) is 3.47. The van der Waals surface area contributed by atoms with Crippen molar-refractivity contribution in [3.05, 3.63) is 11.6 Å². The molecule has 0 bridgehead atoms. The van der Waals surface area contributed by atoms with Crippen molar-refractivity contribution < 1.29 is 18.0 Å². The number of carbonyl (C=O) groups excluding carboxylic acids is 1. The van der Waals surface area contributed by atoms with Crippen molar-refractivity contribution in [1.29, 1.82) is 0 Å². The summed E-state index contributed by atoms with van der Waals surface area (Å²) < 4.78 is 39.3. The van der Waals surface area contributed by atoms with Crippen LogP contribution in [0.2, 0.25) is 0 Å². The van der Waals surface area contributed by atoms with E-state index < -0.39 is 12.0 Å². The van der Waals surface area contributed by atoms with Crippen LogP contribution in [0.5, 0.6) is 0 Å². The van der Waals surface area contributed by atoms with Crippen LogP contribution < -0.4 is 5.32 Å². The van der Waals surface area contributed by atoms with Gasteiger partial charge in [0.15, 0.2) is 5.82 Å². The molecule has 2 aliphatic heterocycles. The Bertz CT molecular complexity index is 537. The number of hydrogen-bond acceptors (Lipinski definition) is 4. The topological polar surface area (TPSA) is 66.3 Å². The fourth-order valence-corrected chi connectivity index (χ4v) is 2.59. The molecule has 0 saturated carbocycles. The van der Waals surface area contributed by atoms with Gasteiger partial charge in [0.25, 0.3) is 0 Å². The zero-order valence-electron chi connectivity index (χ0n) is 11.2. The van der Waals surface area contributed by atoms with Crippen LogP contribution in [0.15, 0.2) is 0 Å². The quantitative estimate of drug-likeness (QED) is 0.740. The van der Waals surface area contributed by atoms with Crippen LogP contribution in [0.3, 0.4) is 0 Å². The van der Waals surface area contributed by atoms with Crippen molar-refractivity contribution in [2.24, 2.45) is 0 Å². The molecule has 0 spiro atoms. The first kappa shape index (κ1) is 14.1. The highest BCUT2D eigenvalue weighted by atomic mass is 19.4. The molecule has 0 radical (unpaired) electrons. The number of hydrogen-bond donors (Lipinski definition) is 1. The minimum atomic E-state index is -4.52. The summed E-state index contributed by atoms with van der Waals surface area (Å²) in [4.78, 5) is 15.5. The molecule has 0 unspecified atom stereocenters. The van der Waals surface area contributed by atoms with Crippen LogP contribution in [0.4, 0.5) is 18.0 Å². The Morgan fingerprint density at radius 2 is 1.76 bits per heavy atom. The fraction of sp³-hybridized carbons (Fsp3) is 0.727. The summed E-state index contributed by atoms with van der Waals surface area (Å²) in [5.41, 5.74) is 0. The lowest BCUT2D eigenvalue weighted by molar-refractivity contribution is -0.147. The van der Waals surface area contributed by atoms with Gasteiger partial charge in [0, 0.05) is 39.3 Å². The number of fused-ring (bicyclic) bond motifs is 1. The average Bonchev–Trinajstić information content (AvgIpc) is 2.90. The minimum absolute atomic E-state index is 0.0614. The molecule has 1 fully saturated rings. The Balaban J connectivity index is 1.73. The molecule has 1 aromatic heterocycles. The maximum Gasteiger partial charge on any atom is 0.451 e. The smallest absolute Gasteiger partial charge is 0.322 e.